The van der Waals surface area contributed by atoms with E-state index in [9.17, 15) is 9.59 Å². The Balaban J connectivity index is 2.12. The van der Waals surface area contributed by atoms with Crippen molar-refractivity contribution in [2.45, 2.75) is 13.0 Å². The first-order valence-electron chi connectivity index (χ1n) is 9.04. The second kappa shape index (κ2) is 11.1. The zero-order valence-corrected chi connectivity index (χ0v) is 16.5. The Morgan fingerprint density at radius 3 is 2.50 bits per heavy atom. The van der Waals surface area contributed by atoms with Gasteiger partial charge in [0.2, 0.25) is 11.8 Å². The van der Waals surface area contributed by atoms with Crippen molar-refractivity contribution >= 4 is 17.5 Å². The summed E-state index contributed by atoms with van der Waals surface area (Å²) in [6.07, 6.45) is 0. The number of hydrogen-bond donors (Lipinski definition) is 3. The predicted molar refractivity (Wildman–Crippen MR) is 108 cm³/mol. The van der Waals surface area contributed by atoms with Crippen molar-refractivity contribution in [2.24, 2.45) is 0 Å². The van der Waals surface area contributed by atoms with Crippen molar-refractivity contribution in [1.82, 2.24) is 10.6 Å². The Morgan fingerprint density at radius 1 is 1.07 bits per heavy atom. The maximum atomic E-state index is 13.0. The number of anilines is 1. The maximum Gasteiger partial charge on any atom is 0.246 e. The molecule has 2 rings (SSSR count). The molecule has 0 aliphatic rings. The molecule has 1 atom stereocenters. The average molecular weight is 385 g/mol. The first-order chi connectivity index (χ1) is 13.5. The second-order valence-electron chi connectivity index (χ2n) is 6.26. The quantitative estimate of drug-likeness (QED) is 0.545. The fraction of sp³-hybridized carbons (Fsp3) is 0.333. The van der Waals surface area contributed by atoms with Crippen LogP contribution in [0.15, 0.2) is 48.5 Å². The Hall–Kier alpha value is -2.90. The molecule has 3 N–H and O–H groups in total. The SMILES string of the molecule is COCCNC(=O)CNC(C(=O)Nc1cc(C)ccc1OC)c1ccccc1. The van der Waals surface area contributed by atoms with E-state index in [-0.39, 0.29) is 18.4 Å². The van der Waals surface area contributed by atoms with Crippen molar-refractivity contribution in [3.8, 4) is 5.75 Å². The van der Waals surface area contributed by atoms with E-state index >= 15 is 0 Å². The third-order valence-electron chi connectivity index (χ3n) is 4.10. The molecule has 7 nitrogen and oxygen atoms in total. The molecule has 0 aliphatic heterocycles. The normalized spacial score (nSPS) is 11.5. The van der Waals surface area contributed by atoms with Gasteiger partial charge in [-0.2, -0.15) is 0 Å². The standard InChI is InChI=1S/C21H27N3O4/c1-15-9-10-18(28-3)17(13-15)24-21(26)20(16-7-5-4-6-8-16)23-14-19(25)22-11-12-27-2/h4-10,13,20,23H,11-12,14H2,1-3H3,(H,22,25)(H,24,26). The van der Waals surface area contributed by atoms with Gasteiger partial charge in [-0.05, 0) is 30.2 Å². The summed E-state index contributed by atoms with van der Waals surface area (Å²) < 4.78 is 10.2. The summed E-state index contributed by atoms with van der Waals surface area (Å²) in [5.74, 6) is 0.0850. The van der Waals surface area contributed by atoms with E-state index in [1.54, 1.807) is 20.3 Å². The summed E-state index contributed by atoms with van der Waals surface area (Å²) in [5, 5.41) is 8.65. The van der Waals surface area contributed by atoms with E-state index in [0.29, 0.717) is 24.6 Å². The number of benzene rings is 2. The van der Waals surface area contributed by atoms with Gasteiger partial charge in [-0.25, -0.2) is 0 Å². The number of nitrogens with one attached hydrogen (secondary N) is 3. The fourth-order valence-corrected chi connectivity index (χ4v) is 2.68. The summed E-state index contributed by atoms with van der Waals surface area (Å²) in [4.78, 5) is 25.0. The minimum Gasteiger partial charge on any atom is -0.495 e. The molecule has 0 aromatic heterocycles. The highest BCUT2D eigenvalue weighted by Gasteiger charge is 2.22. The van der Waals surface area contributed by atoms with Crippen molar-refractivity contribution in [3.63, 3.8) is 0 Å². The summed E-state index contributed by atoms with van der Waals surface area (Å²) in [5.41, 5.74) is 2.34. The van der Waals surface area contributed by atoms with Crippen LogP contribution in [-0.2, 0) is 14.3 Å². The van der Waals surface area contributed by atoms with Gasteiger partial charge in [0.15, 0.2) is 0 Å². The van der Waals surface area contributed by atoms with Crippen LogP contribution in [-0.4, -0.2) is 45.7 Å². The van der Waals surface area contributed by atoms with Gasteiger partial charge in [-0.1, -0.05) is 36.4 Å². The molecule has 0 bridgehead atoms. The lowest BCUT2D eigenvalue weighted by atomic mass is 10.1. The molecule has 0 saturated heterocycles. The minimum absolute atomic E-state index is 0.00163. The van der Waals surface area contributed by atoms with E-state index in [1.807, 2.05) is 49.4 Å². The lowest BCUT2D eigenvalue weighted by Crippen LogP contribution is -2.40. The monoisotopic (exact) mass is 385 g/mol. The van der Waals surface area contributed by atoms with Crippen molar-refractivity contribution in [3.05, 3.63) is 59.7 Å². The molecule has 2 aromatic rings. The highest BCUT2D eigenvalue weighted by atomic mass is 16.5. The molecule has 2 aromatic carbocycles. The van der Waals surface area contributed by atoms with Crippen LogP contribution in [0.1, 0.15) is 17.2 Å². The van der Waals surface area contributed by atoms with Crippen LogP contribution in [0.3, 0.4) is 0 Å². The third-order valence-corrected chi connectivity index (χ3v) is 4.10. The molecule has 1 unspecified atom stereocenters. The van der Waals surface area contributed by atoms with E-state index in [2.05, 4.69) is 16.0 Å². The predicted octanol–water partition coefficient (Wildman–Crippen LogP) is 2.04. The number of aryl methyl sites for hydroxylation is 1. The van der Waals surface area contributed by atoms with Crippen LogP contribution in [0.25, 0.3) is 0 Å². The van der Waals surface area contributed by atoms with E-state index < -0.39 is 6.04 Å². The molecule has 0 saturated carbocycles. The number of carbonyl (C=O) groups is 2. The van der Waals surface area contributed by atoms with Gasteiger partial charge in [0.1, 0.15) is 11.8 Å². The van der Waals surface area contributed by atoms with Gasteiger partial charge < -0.3 is 20.1 Å². The summed E-state index contributed by atoms with van der Waals surface area (Å²) in [7, 11) is 3.12. The molecule has 2 amide bonds. The molecule has 0 aliphatic carbocycles. The number of methoxy groups -OCH3 is 2. The van der Waals surface area contributed by atoms with Gasteiger partial charge in [-0.15, -0.1) is 0 Å². The van der Waals surface area contributed by atoms with E-state index in [1.165, 1.54) is 0 Å². The van der Waals surface area contributed by atoms with Crippen LogP contribution >= 0.6 is 0 Å². The molecule has 0 fully saturated rings. The first kappa shape index (κ1) is 21.4. The smallest absolute Gasteiger partial charge is 0.246 e. The van der Waals surface area contributed by atoms with Crippen molar-refractivity contribution in [2.75, 3.05) is 39.2 Å². The Morgan fingerprint density at radius 2 is 1.82 bits per heavy atom. The molecule has 0 heterocycles. The summed E-state index contributed by atoms with van der Waals surface area (Å²) in [6, 6.07) is 14.1. The lowest BCUT2D eigenvalue weighted by molar-refractivity contribution is -0.121. The molecular formula is C21H27N3O4. The van der Waals surface area contributed by atoms with Gasteiger partial charge in [0, 0.05) is 13.7 Å². The van der Waals surface area contributed by atoms with Gasteiger partial charge in [-0.3, -0.25) is 14.9 Å². The highest BCUT2D eigenvalue weighted by Crippen LogP contribution is 2.26. The Kier molecular flexibility index (Phi) is 8.45. The van der Waals surface area contributed by atoms with Crippen LogP contribution in [0.5, 0.6) is 5.75 Å². The Labute approximate surface area is 165 Å². The average Bonchev–Trinajstić information content (AvgIpc) is 2.69. The van der Waals surface area contributed by atoms with Crippen LogP contribution in [0.2, 0.25) is 0 Å². The van der Waals surface area contributed by atoms with Crippen molar-refractivity contribution in [1.29, 1.82) is 0 Å². The van der Waals surface area contributed by atoms with Crippen LogP contribution in [0, 0.1) is 6.92 Å². The van der Waals surface area contributed by atoms with Gasteiger partial charge in [0.05, 0.1) is 25.9 Å². The van der Waals surface area contributed by atoms with Gasteiger partial charge in [0.25, 0.3) is 0 Å². The highest BCUT2D eigenvalue weighted by molar-refractivity contribution is 5.97. The van der Waals surface area contributed by atoms with E-state index in [4.69, 9.17) is 9.47 Å². The number of amides is 2. The maximum absolute atomic E-state index is 13.0. The minimum atomic E-state index is -0.695. The molecule has 150 valence electrons. The topological polar surface area (TPSA) is 88.7 Å². The molecule has 0 spiro atoms. The van der Waals surface area contributed by atoms with E-state index in [0.717, 1.165) is 11.1 Å². The fourth-order valence-electron chi connectivity index (χ4n) is 2.68. The molecular weight excluding hydrogens is 358 g/mol. The number of carbonyl (C=O) groups excluding carboxylic acids is 2. The summed E-state index contributed by atoms with van der Waals surface area (Å²) >= 11 is 0. The lowest BCUT2D eigenvalue weighted by Gasteiger charge is -2.20. The first-order valence-corrected chi connectivity index (χ1v) is 9.04. The second-order valence-corrected chi connectivity index (χ2v) is 6.26. The number of ether oxygens (including phenoxy) is 2. The largest absolute Gasteiger partial charge is 0.495 e. The zero-order chi connectivity index (χ0) is 20.4. The van der Waals surface area contributed by atoms with Gasteiger partial charge >= 0.3 is 0 Å². The molecule has 7 heteroatoms. The molecule has 28 heavy (non-hydrogen) atoms. The molecule has 0 radical (unpaired) electrons. The zero-order valence-electron chi connectivity index (χ0n) is 16.5. The third kappa shape index (κ3) is 6.37. The van der Waals surface area contributed by atoms with Crippen molar-refractivity contribution < 1.29 is 19.1 Å². The van der Waals surface area contributed by atoms with Crippen LogP contribution < -0.4 is 20.7 Å². The Bertz CT molecular complexity index is 780. The summed E-state index contributed by atoms with van der Waals surface area (Å²) in [6.45, 7) is 2.79. The van der Waals surface area contributed by atoms with Crippen LogP contribution in [0.4, 0.5) is 5.69 Å². The number of hydrogen-bond acceptors (Lipinski definition) is 5. The number of rotatable bonds is 10.